The van der Waals surface area contributed by atoms with Gasteiger partial charge in [-0.2, -0.15) is 0 Å². The van der Waals surface area contributed by atoms with Crippen molar-refractivity contribution in [1.29, 1.82) is 0 Å². The minimum Gasteiger partial charge on any atom is -0.325 e. The van der Waals surface area contributed by atoms with E-state index in [2.05, 4.69) is 10.0 Å². The maximum Gasteiger partial charge on any atom is 0.241 e. The zero-order valence-corrected chi connectivity index (χ0v) is 15.0. The summed E-state index contributed by atoms with van der Waals surface area (Å²) in [6, 6.07) is 12.7. The van der Waals surface area contributed by atoms with Crippen LogP contribution in [0, 0.1) is 0 Å². The number of benzene rings is 2. The van der Waals surface area contributed by atoms with E-state index in [4.69, 9.17) is 11.6 Å². The van der Waals surface area contributed by atoms with Gasteiger partial charge in [-0.1, -0.05) is 29.8 Å². The zero-order valence-electron chi connectivity index (χ0n) is 12.7. The summed E-state index contributed by atoms with van der Waals surface area (Å²) in [5.41, 5.74) is 0.324. The summed E-state index contributed by atoms with van der Waals surface area (Å²) in [4.78, 5) is 12.4. The van der Waals surface area contributed by atoms with E-state index in [1.54, 1.807) is 30.3 Å². The maximum atomic E-state index is 12.1. The summed E-state index contributed by atoms with van der Waals surface area (Å²) in [7, 11) is -3.86. The zero-order chi connectivity index (χ0) is 17.7. The van der Waals surface area contributed by atoms with Crippen molar-refractivity contribution in [3.8, 4) is 0 Å². The van der Waals surface area contributed by atoms with Crippen LogP contribution in [0.4, 0.5) is 5.69 Å². The first-order chi connectivity index (χ1) is 11.3. The summed E-state index contributed by atoms with van der Waals surface area (Å²) >= 11 is 5.95. The highest BCUT2D eigenvalue weighted by Gasteiger charge is 2.17. The molecule has 128 valence electrons. The van der Waals surface area contributed by atoms with Crippen LogP contribution >= 0.6 is 11.6 Å². The first-order valence-electron chi connectivity index (χ1n) is 6.80. The Hall–Kier alpha value is -1.74. The van der Waals surface area contributed by atoms with E-state index in [9.17, 15) is 17.4 Å². The standard InChI is InChI=1S/C15H15ClN2O4S2/c1-17-24(21,22)14-8-7-11(9-13(14)16)18-15(19)10-23(20)12-5-3-2-4-6-12/h2-9,17H,10H2,1H3,(H,18,19). The molecule has 1 atom stereocenters. The van der Waals surface area contributed by atoms with Gasteiger partial charge < -0.3 is 5.32 Å². The Morgan fingerprint density at radius 1 is 1.17 bits per heavy atom. The molecule has 0 aromatic heterocycles. The molecule has 2 rings (SSSR count). The fourth-order valence-corrected chi connectivity index (χ4v) is 4.08. The molecule has 2 N–H and O–H groups in total. The van der Waals surface area contributed by atoms with Gasteiger partial charge in [-0.05, 0) is 37.4 Å². The van der Waals surface area contributed by atoms with Crippen LogP contribution in [0.25, 0.3) is 0 Å². The number of carbonyl (C=O) groups is 1. The number of carbonyl (C=O) groups excluding carboxylic acids is 1. The van der Waals surface area contributed by atoms with Crippen LogP contribution in [0.1, 0.15) is 0 Å². The van der Waals surface area contributed by atoms with E-state index in [1.165, 1.54) is 25.2 Å². The van der Waals surface area contributed by atoms with E-state index in [0.29, 0.717) is 10.6 Å². The van der Waals surface area contributed by atoms with Crippen LogP contribution in [0.5, 0.6) is 0 Å². The predicted molar refractivity (Wildman–Crippen MR) is 94.0 cm³/mol. The maximum absolute atomic E-state index is 12.1. The topological polar surface area (TPSA) is 92.3 Å². The molecule has 0 aliphatic heterocycles. The van der Waals surface area contributed by atoms with Crippen molar-refractivity contribution in [3.05, 3.63) is 53.6 Å². The summed E-state index contributed by atoms with van der Waals surface area (Å²) < 4.78 is 37.7. The Morgan fingerprint density at radius 3 is 2.42 bits per heavy atom. The molecule has 0 aliphatic rings. The van der Waals surface area contributed by atoms with E-state index in [-0.39, 0.29) is 15.7 Å². The summed E-state index contributed by atoms with van der Waals surface area (Å²) in [5, 5.41) is 2.53. The molecule has 0 aliphatic carbocycles. The van der Waals surface area contributed by atoms with Gasteiger partial charge in [0.15, 0.2) is 0 Å². The average Bonchev–Trinajstić information content (AvgIpc) is 2.55. The quantitative estimate of drug-likeness (QED) is 0.794. The molecule has 0 bridgehead atoms. The van der Waals surface area contributed by atoms with E-state index >= 15 is 0 Å². The monoisotopic (exact) mass is 386 g/mol. The fourth-order valence-electron chi connectivity index (χ4n) is 1.88. The van der Waals surface area contributed by atoms with Crippen molar-refractivity contribution >= 4 is 44.0 Å². The Labute approximate surface area is 147 Å². The molecule has 1 unspecified atom stereocenters. The van der Waals surface area contributed by atoms with Gasteiger partial charge in [-0.15, -0.1) is 0 Å². The van der Waals surface area contributed by atoms with E-state index < -0.39 is 26.7 Å². The number of rotatable bonds is 6. The van der Waals surface area contributed by atoms with E-state index in [1.807, 2.05) is 0 Å². The van der Waals surface area contributed by atoms with Gasteiger partial charge in [0, 0.05) is 10.6 Å². The Kier molecular flexibility index (Phi) is 6.11. The number of amides is 1. The normalized spacial score (nSPS) is 12.6. The molecule has 0 spiro atoms. The Balaban J connectivity index is 2.07. The SMILES string of the molecule is CNS(=O)(=O)c1ccc(NC(=O)CS(=O)c2ccccc2)cc1Cl. The van der Waals surface area contributed by atoms with Crippen molar-refractivity contribution in [3.63, 3.8) is 0 Å². The first kappa shape index (κ1) is 18.6. The molecule has 0 fully saturated rings. The highest BCUT2D eigenvalue weighted by atomic mass is 35.5. The largest absolute Gasteiger partial charge is 0.325 e. The van der Waals surface area contributed by atoms with Crippen LogP contribution in [-0.2, 0) is 25.6 Å². The molecule has 9 heteroatoms. The second-order valence-electron chi connectivity index (χ2n) is 4.70. The number of hydrogen-bond donors (Lipinski definition) is 2. The third kappa shape index (κ3) is 4.64. The molecule has 2 aromatic carbocycles. The molecule has 0 radical (unpaired) electrons. The van der Waals surface area contributed by atoms with Crippen molar-refractivity contribution in [1.82, 2.24) is 4.72 Å². The van der Waals surface area contributed by atoms with E-state index in [0.717, 1.165) is 0 Å². The fraction of sp³-hybridized carbons (Fsp3) is 0.133. The number of nitrogens with one attached hydrogen (secondary N) is 2. The summed E-state index contributed by atoms with van der Waals surface area (Å²) in [6.07, 6.45) is 0. The lowest BCUT2D eigenvalue weighted by Crippen LogP contribution is -2.20. The van der Waals surface area contributed by atoms with Gasteiger partial charge >= 0.3 is 0 Å². The second-order valence-corrected chi connectivity index (χ2v) is 8.42. The van der Waals surface area contributed by atoms with Crippen molar-refractivity contribution in [2.45, 2.75) is 9.79 Å². The second kappa shape index (κ2) is 7.89. The summed E-state index contributed by atoms with van der Waals surface area (Å²) in [6.45, 7) is 0. The lowest BCUT2D eigenvalue weighted by molar-refractivity contribution is -0.113. The average molecular weight is 387 g/mol. The number of halogens is 1. The Morgan fingerprint density at radius 2 is 1.83 bits per heavy atom. The highest BCUT2D eigenvalue weighted by Crippen LogP contribution is 2.24. The van der Waals surface area contributed by atoms with Gasteiger partial charge in [0.1, 0.15) is 10.6 Å². The lowest BCUT2D eigenvalue weighted by atomic mass is 10.3. The smallest absolute Gasteiger partial charge is 0.241 e. The van der Waals surface area contributed by atoms with Crippen LogP contribution in [0.3, 0.4) is 0 Å². The molecule has 24 heavy (non-hydrogen) atoms. The molecular formula is C15H15ClN2O4S2. The minimum absolute atomic E-state index is 0.0219. The number of hydrogen-bond acceptors (Lipinski definition) is 4. The third-order valence-corrected chi connectivity index (χ3v) is 6.26. The number of anilines is 1. The third-order valence-electron chi connectivity index (χ3n) is 3.04. The van der Waals surface area contributed by atoms with Crippen LogP contribution in [0.15, 0.2) is 58.3 Å². The summed E-state index contributed by atoms with van der Waals surface area (Å²) in [5.74, 6) is -0.671. The Bertz CT molecular complexity index is 870. The van der Waals surface area contributed by atoms with Gasteiger partial charge in [-0.3, -0.25) is 9.00 Å². The first-order valence-corrected chi connectivity index (χ1v) is 9.98. The van der Waals surface area contributed by atoms with Gasteiger partial charge in [0.05, 0.1) is 15.8 Å². The molecule has 1 amide bonds. The lowest BCUT2D eigenvalue weighted by Gasteiger charge is -2.09. The van der Waals surface area contributed by atoms with Crippen molar-refractivity contribution in [2.75, 3.05) is 18.1 Å². The molecular weight excluding hydrogens is 372 g/mol. The molecule has 2 aromatic rings. The predicted octanol–water partition coefficient (Wildman–Crippen LogP) is 1.99. The molecule has 6 nitrogen and oxygen atoms in total. The van der Waals surface area contributed by atoms with Crippen LogP contribution in [-0.4, -0.2) is 31.3 Å². The highest BCUT2D eigenvalue weighted by molar-refractivity contribution is 7.89. The molecule has 0 saturated carbocycles. The van der Waals surface area contributed by atoms with Gasteiger partial charge in [-0.25, -0.2) is 13.1 Å². The molecule has 0 heterocycles. The van der Waals surface area contributed by atoms with Crippen molar-refractivity contribution in [2.24, 2.45) is 0 Å². The minimum atomic E-state index is -3.67. The number of sulfonamides is 1. The molecule has 0 saturated heterocycles. The van der Waals surface area contributed by atoms with Crippen molar-refractivity contribution < 1.29 is 17.4 Å². The van der Waals surface area contributed by atoms with Crippen LogP contribution < -0.4 is 10.0 Å². The van der Waals surface area contributed by atoms with Gasteiger partial charge in [0.25, 0.3) is 0 Å². The van der Waals surface area contributed by atoms with Gasteiger partial charge in [0.2, 0.25) is 15.9 Å². The van der Waals surface area contributed by atoms with Crippen LogP contribution in [0.2, 0.25) is 5.02 Å².